The van der Waals surface area contributed by atoms with Crippen molar-refractivity contribution in [2.45, 2.75) is 44.2 Å². The largest absolute Gasteiger partial charge is 0.416 e. The van der Waals surface area contributed by atoms with Crippen molar-refractivity contribution in [1.82, 2.24) is 9.80 Å². The highest BCUT2D eigenvalue weighted by Gasteiger charge is 2.33. The fraction of sp³-hybridized carbons (Fsp3) is 0.632. The number of carbonyl (C=O) groups excluding carboxylic acids is 1. The summed E-state index contributed by atoms with van der Waals surface area (Å²) in [6, 6.07) is 5.29. The average Bonchev–Trinajstić information content (AvgIpc) is 3.01. The van der Waals surface area contributed by atoms with Gasteiger partial charge in [0.15, 0.2) is 0 Å². The van der Waals surface area contributed by atoms with Crippen LogP contribution in [0.3, 0.4) is 0 Å². The highest BCUT2D eigenvalue weighted by atomic mass is 19.4. The predicted molar refractivity (Wildman–Crippen MR) is 94.9 cm³/mol. The van der Waals surface area contributed by atoms with E-state index in [1.165, 1.54) is 12.1 Å². The van der Waals surface area contributed by atoms with Crippen molar-refractivity contribution in [2.75, 3.05) is 32.7 Å². The van der Waals surface area contributed by atoms with Gasteiger partial charge < -0.3 is 15.4 Å². The third kappa shape index (κ3) is 5.21. The molecule has 27 heavy (non-hydrogen) atoms. The molecule has 0 aromatic heterocycles. The Labute approximate surface area is 157 Å². The molecule has 1 aromatic rings. The van der Waals surface area contributed by atoms with E-state index < -0.39 is 11.7 Å². The van der Waals surface area contributed by atoms with Crippen LogP contribution in [0.15, 0.2) is 24.3 Å². The third-order valence-corrected chi connectivity index (χ3v) is 5.23. The number of nitrogens with zero attached hydrogens (tertiary/aromatic N) is 2. The minimum absolute atomic E-state index is 0.0258. The van der Waals surface area contributed by atoms with Crippen LogP contribution in [0.2, 0.25) is 0 Å². The van der Waals surface area contributed by atoms with Crippen molar-refractivity contribution in [2.24, 2.45) is 5.73 Å². The predicted octanol–water partition coefficient (Wildman–Crippen LogP) is 2.25. The molecule has 2 fully saturated rings. The lowest BCUT2D eigenvalue weighted by Gasteiger charge is -2.24. The monoisotopic (exact) mass is 385 g/mol. The van der Waals surface area contributed by atoms with Crippen LogP contribution in [0.1, 0.15) is 30.4 Å². The number of amides is 1. The zero-order valence-corrected chi connectivity index (χ0v) is 15.3. The van der Waals surface area contributed by atoms with E-state index in [0.29, 0.717) is 39.1 Å². The van der Waals surface area contributed by atoms with Crippen molar-refractivity contribution < 1.29 is 22.7 Å². The molecule has 150 valence electrons. The van der Waals surface area contributed by atoms with E-state index in [-0.39, 0.29) is 18.1 Å². The second-order valence-corrected chi connectivity index (χ2v) is 7.21. The van der Waals surface area contributed by atoms with Crippen molar-refractivity contribution >= 4 is 5.91 Å². The first kappa shape index (κ1) is 20.1. The van der Waals surface area contributed by atoms with E-state index >= 15 is 0 Å². The molecule has 2 heterocycles. The molecule has 0 aliphatic carbocycles. The number of halogens is 3. The average molecular weight is 385 g/mol. The van der Waals surface area contributed by atoms with E-state index in [1.54, 1.807) is 0 Å². The Morgan fingerprint density at radius 2 is 1.85 bits per heavy atom. The second-order valence-electron chi connectivity index (χ2n) is 7.21. The molecule has 3 rings (SSSR count). The first-order valence-electron chi connectivity index (χ1n) is 9.39. The maximum atomic E-state index is 12.7. The molecule has 0 radical (unpaired) electrons. The number of ether oxygens (including phenoxy) is 1. The number of rotatable bonds is 4. The summed E-state index contributed by atoms with van der Waals surface area (Å²) in [6.45, 7) is 3.80. The molecular weight excluding hydrogens is 359 g/mol. The first-order valence-corrected chi connectivity index (χ1v) is 9.39. The maximum absolute atomic E-state index is 12.7. The number of hydrogen-bond donors (Lipinski definition) is 1. The maximum Gasteiger partial charge on any atom is 0.416 e. The van der Waals surface area contributed by atoms with Crippen molar-refractivity contribution in [3.63, 3.8) is 0 Å². The fourth-order valence-corrected chi connectivity index (χ4v) is 3.67. The first-order chi connectivity index (χ1) is 12.9. The van der Waals surface area contributed by atoms with Gasteiger partial charge in [0.1, 0.15) is 6.10 Å². The minimum Gasteiger partial charge on any atom is -0.364 e. The van der Waals surface area contributed by atoms with Gasteiger partial charge in [0.05, 0.1) is 11.7 Å². The summed E-state index contributed by atoms with van der Waals surface area (Å²) >= 11 is 0. The summed E-state index contributed by atoms with van der Waals surface area (Å²) in [5.41, 5.74) is 5.81. The fourth-order valence-electron chi connectivity index (χ4n) is 3.67. The number of carbonyl (C=O) groups is 1. The lowest BCUT2D eigenvalue weighted by Crippen LogP contribution is -2.41. The van der Waals surface area contributed by atoms with Gasteiger partial charge in [0.25, 0.3) is 5.91 Å². The number of benzene rings is 1. The summed E-state index contributed by atoms with van der Waals surface area (Å²) in [5, 5.41) is 0. The zero-order chi connectivity index (χ0) is 19.4. The number of nitrogens with two attached hydrogens (primary N) is 1. The summed E-state index contributed by atoms with van der Waals surface area (Å²) < 4.78 is 43.7. The molecule has 1 aromatic carbocycles. The molecule has 0 saturated carbocycles. The Kier molecular flexibility index (Phi) is 6.39. The molecule has 2 N–H and O–H groups in total. The number of alkyl halides is 3. The molecule has 1 amide bonds. The molecule has 2 aliphatic heterocycles. The summed E-state index contributed by atoms with van der Waals surface area (Å²) in [6.07, 6.45) is -2.36. The van der Waals surface area contributed by atoms with E-state index in [0.717, 1.165) is 37.1 Å². The lowest BCUT2D eigenvalue weighted by molar-refractivity contribution is -0.142. The Morgan fingerprint density at radius 1 is 1.11 bits per heavy atom. The standard InChI is InChI=1S/C19H26F3N3O2/c20-19(21,22)15-4-2-14(3-5-15)13-24-8-1-9-25(11-10-24)18(26)17-7-6-16(12-23)27-17/h2-5,16-17H,1,6-13,23H2/t16-,17+/m1/s1. The summed E-state index contributed by atoms with van der Waals surface area (Å²) in [7, 11) is 0. The molecule has 0 spiro atoms. The second kappa shape index (κ2) is 8.58. The van der Waals surface area contributed by atoms with Gasteiger partial charge in [0, 0.05) is 39.3 Å². The number of hydrogen-bond acceptors (Lipinski definition) is 4. The smallest absolute Gasteiger partial charge is 0.364 e. The van der Waals surface area contributed by atoms with Crippen LogP contribution in [-0.2, 0) is 22.3 Å². The van der Waals surface area contributed by atoms with Crippen LogP contribution in [-0.4, -0.2) is 60.6 Å². The van der Waals surface area contributed by atoms with Gasteiger partial charge in [-0.2, -0.15) is 13.2 Å². The van der Waals surface area contributed by atoms with E-state index in [1.807, 2.05) is 4.90 Å². The van der Waals surface area contributed by atoms with Crippen LogP contribution < -0.4 is 5.73 Å². The Hall–Kier alpha value is -1.64. The van der Waals surface area contributed by atoms with Gasteiger partial charge in [-0.05, 0) is 37.0 Å². The zero-order valence-electron chi connectivity index (χ0n) is 15.3. The highest BCUT2D eigenvalue weighted by molar-refractivity contribution is 5.81. The van der Waals surface area contributed by atoms with Crippen molar-refractivity contribution in [3.05, 3.63) is 35.4 Å². The van der Waals surface area contributed by atoms with Crippen molar-refractivity contribution in [1.29, 1.82) is 0 Å². The van der Waals surface area contributed by atoms with Gasteiger partial charge in [-0.3, -0.25) is 9.69 Å². The molecule has 8 heteroatoms. The topological polar surface area (TPSA) is 58.8 Å². The minimum atomic E-state index is -4.31. The normalized spacial score (nSPS) is 24.8. The summed E-state index contributed by atoms with van der Waals surface area (Å²) in [4.78, 5) is 16.7. The molecule has 0 bridgehead atoms. The Bertz CT molecular complexity index is 636. The Balaban J connectivity index is 1.52. The highest BCUT2D eigenvalue weighted by Crippen LogP contribution is 2.29. The lowest BCUT2D eigenvalue weighted by atomic mass is 10.1. The third-order valence-electron chi connectivity index (χ3n) is 5.23. The van der Waals surface area contributed by atoms with E-state index in [9.17, 15) is 18.0 Å². The van der Waals surface area contributed by atoms with E-state index in [2.05, 4.69) is 4.90 Å². The van der Waals surface area contributed by atoms with Crippen molar-refractivity contribution in [3.8, 4) is 0 Å². The summed E-state index contributed by atoms with van der Waals surface area (Å²) in [5.74, 6) is 0.0299. The van der Waals surface area contributed by atoms with Crippen LogP contribution in [0.4, 0.5) is 13.2 Å². The molecule has 0 unspecified atom stereocenters. The SMILES string of the molecule is NC[C@H]1CC[C@@H](C(=O)N2CCCN(Cc3ccc(C(F)(F)F)cc3)CC2)O1. The molecule has 2 atom stereocenters. The molecule has 2 saturated heterocycles. The van der Waals surface area contributed by atoms with Gasteiger partial charge in [-0.1, -0.05) is 12.1 Å². The van der Waals surface area contributed by atoms with Gasteiger partial charge >= 0.3 is 6.18 Å². The van der Waals surface area contributed by atoms with Crippen LogP contribution in [0, 0.1) is 0 Å². The molecule has 5 nitrogen and oxygen atoms in total. The van der Waals surface area contributed by atoms with Crippen LogP contribution in [0.5, 0.6) is 0 Å². The molecule has 2 aliphatic rings. The molecular formula is C19H26F3N3O2. The van der Waals surface area contributed by atoms with Crippen LogP contribution in [0.25, 0.3) is 0 Å². The van der Waals surface area contributed by atoms with Gasteiger partial charge in [-0.25, -0.2) is 0 Å². The quantitative estimate of drug-likeness (QED) is 0.864. The Morgan fingerprint density at radius 3 is 2.48 bits per heavy atom. The van der Waals surface area contributed by atoms with E-state index in [4.69, 9.17) is 10.5 Å². The van der Waals surface area contributed by atoms with Gasteiger partial charge in [0.2, 0.25) is 0 Å². The van der Waals surface area contributed by atoms with Crippen LogP contribution >= 0.6 is 0 Å². The van der Waals surface area contributed by atoms with Gasteiger partial charge in [-0.15, -0.1) is 0 Å².